The van der Waals surface area contributed by atoms with Gasteiger partial charge in [0.05, 0.1) is 38.0 Å². The van der Waals surface area contributed by atoms with Crippen LogP contribution < -0.4 is 9.64 Å². The van der Waals surface area contributed by atoms with Gasteiger partial charge in [-0.3, -0.25) is 4.90 Å². The lowest BCUT2D eigenvalue weighted by molar-refractivity contribution is 0.0326. The van der Waals surface area contributed by atoms with Crippen molar-refractivity contribution < 1.29 is 9.47 Å². The predicted octanol–water partition coefficient (Wildman–Crippen LogP) is 2.36. The fraction of sp³-hybridized carbons (Fsp3) is 0.647. The summed E-state index contributed by atoms with van der Waals surface area (Å²) in [7, 11) is 3.99. The maximum absolute atomic E-state index is 5.78. The van der Waals surface area contributed by atoms with Crippen molar-refractivity contribution in [3.63, 3.8) is 0 Å². The number of ether oxygens (including phenoxy) is 2. The molecule has 8 heteroatoms. The van der Waals surface area contributed by atoms with Crippen molar-refractivity contribution in [2.45, 2.75) is 19.9 Å². The second-order valence-electron chi connectivity index (χ2n) is 6.41. The van der Waals surface area contributed by atoms with Crippen LogP contribution >= 0.6 is 11.3 Å². The summed E-state index contributed by atoms with van der Waals surface area (Å²) in [6.07, 6.45) is 3.82. The molecule has 0 aliphatic carbocycles. The molecule has 0 amide bonds. The van der Waals surface area contributed by atoms with Crippen LogP contribution in [-0.4, -0.2) is 73.0 Å². The minimum atomic E-state index is 0.315. The van der Waals surface area contributed by atoms with E-state index < -0.39 is 0 Å². The minimum absolute atomic E-state index is 0.315. The van der Waals surface area contributed by atoms with Gasteiger partial charge in [-0.15, -0.1) is 0 Å². The molecule has 0 aromatic carbocycles. The van der Waals surface area contributed by atoms with Gasteiger partial charge in [-0.05, 0) is 13.8 Å². The number of rotatable bonds is 7. The Morgan fingerprint density at radius 2 is 2.12 bits per heavy atom. The molecule has 0 unspecified atom stereocenters. The van der Waals surface area contributed by atoms with Crippen LogP contribution in [0, 0.1) is 0 Å². The average molecular weight is 366 g/mol. The quantitative estimate of drug-likeness (QED) is 0.751. The molecule has 1 saturated heterocycles. The summed E-state index contributed by atoms with van der Waals surface area (Å²) < 4.78 is 13.5. The number of aromatic nitrogens is 3. The fourth-order valence-electron chi connectivity index (χ4n) is 2.96. The Morgan fingerprint density at radius 3 is 2.80 bits per heavy atom. The number of anilines is 1. The standard InChI is InChI=1S/C17H27N5O2S/c1-5-24-16-15(25-17(19-16)20(3)4)14-10-18-12-22(14)13(2)11-21-6-8-23-9-7-21/h10,12-13H,5-9,11H2,1-4H3/t13-/m1/s1. The molecule has 1 fully saturated rings. The third-order valence-corrected chi connectivity index (χ3v) is 5.47. The Hall–Kier alpha value is -1.64. The van der Waals surface area contributed by atoms with Crippen LogP contribution in [0.5, 0.6) is 5.88 Å². The Balaban J connectivity index is 1.85. The number of morpholine rings is 1. The third-order valence-electron chi connectivity index (χ3n) is 4.25. The van der Waals surface area contributed by atoms with Gasteiger partial charge >= 0.3 is 0 Å². The molecule has 0 spiro atoms. The van der Waals surface area contributed by atoms with E-state index in [4.69, 9.17) is 9.47 Å². The average Bonchev–Trinajstić information content (AvgIpc) is 3.22. The first kappa shape index (κ1) is 18.2. The van der Waals surface area contributed by atoms with E-state index in [1.54, 1.807) is 11.3 Å². The molecule has 0 N–H and O–H groups in total. The summed E-state index contributed by atoms with van der Waals surface area (Å²) >= 11 is 1.64. The molecule has 3 rings (SSSR count). The highest BCUT2D eigenvalue weighted by Gasteiger charge is 2.22. The van der Waals surface area contributed by atoms with Gasteiger partial charge in [0.25, 0.3) is 0 Å². The van der Waals surface area contributed by atoms with Gasteiger partial charge in [0, 0.05) is 39.8 Å². The Morgan fingerprint density at radius 1 is 1.36 bits per heavy atom. The van der Waals surface area contributed by atoms with E-state index in [2.05, 4.69) is 26.4 Å². The minimum Gasteiger partial charge on any atom is -0.477 e. The molecule has 1 aliphatic rings. The Bertz CT molecular complexity index is 678. The number of imidazole rings is 1. The number of nitrogens with zero attached hydrogens (tertiary/aromatic N) is 5. The molecule has 1 aliphatic heterocycles. The van der Waals surface area contributed by atoms with Crippen LogP contribution in [0.25, 0.3) is 10.6 Å². The summed E-state index contributed by atoms with van der Waals surface area (Å²) in [5, 5.41) is 0.937. The normalized spacial score (nSPS) is 16.8. The van der Waals surface area contributed by atoms with Crippen molar-refractivity contribution >= 4 is 16.5 Å². The van der Waals surface area contributed by atoms with Crippen LogP contribution in [0.4, 0.5) is 5.13 Å². The summed E-state index contributed by atoms with van der Waals surface area (Å²) in [5.74, 6) is 0.691. The van der Waals surface area contributed by atoms with Gasteiger partial charge in [-0.2, -0.15) is 4.98 Å². The van der Waals surface area contributed by atoms with Gasteiger partial charge in [0.1, 0.15) is 4.88 Å². The van der Waals surface area contributed by atoms with Gasteiger partial charge in [0.2, 0.25) is 5.88 Å². The molecule has 1 atom stereocenters. The topological polar surface area (TPSA) is 55.7 Å². The van der Waals surface area contributed by atoms with E-state index in [9.17, 15) is 0 Å². The fourth-order valence-corrected chi connectivity index (χ4v) is 3.91. The zero-order valence-electron chi connectivity index (χ0n) is 15.4. The van der Waals surface area contributed by atoms with Crippen molar-refractivity contribution in [3.05, 3.63) is 12.5 Å². The van der Waals surface area contributed by atoms with E-state index >= 15 is 0 Å². The highest BCUT2D eigenvalue weighted by Crippen LogP contribution is 2.39. The van der Waals surface area contributed by atoms with Crippen molar-refractivity contribution in [2.75, 3.05) is 58.5 Å². The zero-order chi connectivity index (χ0) is 17.8. The predicted molar refractivity (Wildman–Crippen MR) is 101 cm³/mol. The van der Waals surface area contributed by atoms with E-state index in [1.165, 1.54) is 0 Å². The van der Waals surface area contributed by atoms with Gasteiger partial charge in [0.15, 0.2) is 5.13 Å². The lowest BCUT2D eigenvalue weighted by atomic mass is 10.2. The molecule has 25 heavy (non-hydrogen) atoms. The van der Waals surface area contributed by atoms with Crippen molar-refractivity contribution in [1.82, 2.24) is 19.4 Å². The molecule has 0 radical (unpaired) electrons. The highest BCUT2D eigenvalue weighted by atomic mass is 32.1. The monoisotopic (exact) mass is 365 g/mol. The van der Waals surface area contributed by atoms with Crippen LogP contribution in [-0.2, 0) is 4.74 Å². The maximum Gasteiger partial charge on any atom is 0.236 e. The first-order valence-electron chi connectivity index (χ1n) is 8.73. The number of hydrogen-bond donors (Lipinski definition) is 0. The van der Waals surface area contributed by atoms with Crippen LogP contribution in [0.2, 0.25) is 0 Å². The van der Waals surface area contributed by atoms with Gasteiger partial charge in [-0.25, -0.2) is 4.98 Å². The number of thiazole rings is 1. The van der Waals surface area contributed by atoms with E-state index in [1.807, 2.05) is 38.4 Å². The lowest BCUT2D eigenvalue weighted by Crippen LogP contribution is -2.39. The van der Waals surface area contributed by atoms with E-state index in [0.29, 0.717) is 18.5 Å². The zero-order valence-corrected chi connectivity index (χ0v) is 16.3. The summed E-state index contributed by atoms with van der Waals surface area (Å²) in [4.78, 5) is 14.5. The molecule has 0 bridgehead atoms. The largest absolute Gasteiger partial charge is 0.477 e. The molecule has 138 valence electrons. The van der Waals surface area contributed by atoms with Crippen molar-refractivity contribution in [3.8, 4) is 16.5 Å². The van der Waals surface area contributed by atoms with E-state index in [-0.39, 0.29) is 0 Å². The highest BCUT2D eigenvalue weighted by molar-refractivity contribution is 7.19. The smallest absolute Gasteiger partial charge is 0.236 e. The second kappa shape index (κ2) is 8.16. The molecular formula is C17H27N5O2S. The molecular weight excluding hydrogens is 338 g/mol. The first-order chi connectivity index (χ1) is 12.1. The third kappa shape index (κ3) is 4.13. The molecule has 2 aromatic rings. The number of hydrogen-bond acceptors (Lipinski definition) is 7. The lowest BCUT2D eigenvalue weighted by Gasteiger charge is -2.30. The van der Waals surface area contributed by atoms with Crippen molar-refractivity contribution in [2.24, 2.45) is 0 Å². The van der Waals surface area contributed by atoms with Crippen LogP contribution in [0.3, 0.4) is 0 Å². The molecule has 3 heterocycles. The summed E-state index contributed by atoms with van der Waals surface area (Å²) in [5.41, 5.74) is 1.06. The second-order valence-corrected chi connectivity index (χ2v) is 7.38. The first-order valence-corrected chi connectivity index (χ1v) is 9.55. The van der Waals surface area contributed by atoms with Gasteiger partial charge < -0.3 is 18.9 Å². The van der Waals surface area contributed by atoms with Crippen LogP contribution in [0.15, 0.2) is 12.5 Å². The van der Waals surface area contributed by atoms with E-state index in [0.717, 1.165) is 48.6 Å². The summed E-state index contributed by atoms with van der Waals surface area (Å²) in [6, 6.07) is 0.315. The maximum atomic E-state index is 5.78. The Labute approximate surface area is 153 Å². The Kier molecular flexibility index (Phi) is 5.93. The van der Waals surface area contributed by atoms with Crippen molar-refractivity contribution in [1.29, 1.82) is 0 Å². The molecule has 2 aromatic heterocycles. The van der Waals surface area contributed by atoms with Crippen LogP contribution in [0.1, 0.15) is 19.9 Å². The SMILES string of the molecule is CCOc1nc(N(C)C)sc1-c1cncn1[C@H](C)CN1CCOCC1. The molecule has 0 saturated carbocycles. The summed E-state index contributed by atoms with van der Waals surface area (Å²) in [6.45, 7) is 9.41. The molecule has 7 nitrogen and oxygen atoms in total. The van der Waals surface area contributed by atoms with Gasteiger partial charge in [-0.1, -0.05) is 11.3 Å².